The van der Waals surface area contributed by atoms with Crippen LogP contribution in [0.3, 0.4) is 0 Å². The number of allylic oxidation sites excluding steroid dienone is 10. The van der Waals surface area contributed by atoms with Crippen LogP contribution in [0, 0.1) is 0 Å². The second kappa shape index (κ2) is 66.6. The Bertz CT molecular complexity index is 1390. The standard InChI is InChI=1S/C72H130O6/c1-4-7-10-13-16-19-21-23-25-27-29-31-33-35-36-38-39-41-43-45-47-49-51-53-56-59-62-65-71(74)77-68-69(67-76-70(73)64-61-58-55-18-15-12-9-6-3)78-72(75)66-63-60-57-54-52-50-48-46-44-42-40-37-34-32-30-28-26-24-22-20-17-14-11-8-5-2/h21-24,27-30,34,37,69H,4-20,25-26,31-33,35-36,38-68H2,1-3H3/b23-21-,24-22-,29-27-,30-28-,37-34-. The number of esters is 3. The SMILES string of the molecule is CCCCCCC/C=C\C/C=C\C/C=C\CCCCCCCCCCCCC(=O)OC(COC(=O)CCCCCCCCCC)COC(=O)CCCCCCCCCCCCCCCCC/C=C\C/C=C\CCCCCCC. The first-order chi connectivity index (χ1) is 38.5. The topological polar surface area (TPSA) is 78.9 Å². The van der Waals surface area contributed by atoms with Crippen LogP contribution in [0.1, 0.15) is 361 Å². The molecule has 0 saturated heterocycles. The molecule has 0 fully saturated rings. The average Bonchev–Trinajstić information content (AvgIpc) is 3.44. The lowest BCUT2D eigenvalue weighted by Crippen LogP contribution is -2.30. The van der Waals surface area contributed by atoms with Gasteiger partial charge in [-0.15, -0.1) is 0 Å². The van der Waals surface area contributed by atoms with Gasteiger partial charge in [0.2, 0.25) is 0 Å². The zero-order valence-electron chi connectivity index (χ0n) is 52.2. The van der Waals surface area contributed by atoms with Crippen molar-refractivity contribution in [1.29, 1.82) is 0 Å². The molecule has 0 aromatic rings. The van der Waals surface area contributed by atoms with Crippen LogP contribution < -0.4 is 0 Å². The number of carbonyl (C=O) groups excluding carboxylic acids is 3. The highest BCUT2D eigenvalue weighted by atomic mass is 16.6. The summed E-state index contributed by atoms with van der Waals surface area (Å²) in [5.41, 5.74) is 0. The minimum absolute atomic E-state index is 0.0722. The lowest BCUT2D eigenvalue weighted by Gasteiger charge is -2.18. The molecule has 0 aromatic heterocycles. The highest BCUT2D eigenvalue weighted by molar-refractivity contribution is 5.71. The molecule has 0 saturated carbocycles. The summed E-state index contributed by atoms with van der Waals surface area (Å²) in [5.74, 6) is -0.862. The quantitative estimate of drug-likeness (QED) is 0.0261. The summed E-state index contributed by atoms with van der Waals surface area (Å²) in [7, 11) is 0. The van der Waals surface area contributed by atoms with E-state index in [-0.39, 0.29) is 31.1 Å². The first kappa shape index (κ1) is 75.1. The summed E-state index contributed by atoms with van der Waals surface area (Å²) < 4.78 is 16.9. The second-order valence-corrected chi connectivity index (χ2v) is 23.1. The molecule has 0 spiro atoms. The van der Waals surface area contributed by atoms with E-state index in [1.807, 2.05) is 0 Å². The Morgan fingerprint density at radius 3 is 0.718 bits per heavy atom. The molecule has 1 unspecified atom stereocenters. The van der Waals surface area contributed by atoms with Crippen molar-refractivity contribution in [2.24, 2.45) is 0 Å². The maximum absolute atomic E-state index is 12.9. The Morgan fingerprint density at radius 1 is 0.256 bits per heavy atom. The summed E-state index contributed by atoms with van der Waals surface area (Å²) in [6, 6.07) is 0. The van der Waals surface area contributed by atoms with Crippen LogP contribution in [-0.2, 0) is 28.6 Å². The van der Waals surface area contributed by atoms with Gasteiger partial charge in [0.25, 0.3) is 0 Å². The molecule has 0 aliphatic carbocycles. The van der Waals surface area contributed by atoms with Crippen molar-refractivity contribution in [3.63, 3.8) is 0 Å². The highest BCUT2D eigenvalue weighted by Crippen LogP contribution is 2.17. The molecule has 0 N–H and O–H groups in total. The van der Waals surface area contributed by atoms with Crippen molar-refractivity contribution in [2.45, 2.75) is 367 Å². The van der Waals surface area contributed by atoms with Crippen molar-refractivity contribution >= 4 is 17.9 Å². The third-order valence-corrected chi connectivity index (χ3v) is 15.2. The van der Waals surface area contributed by atoms with E-state index in [1.165, 1.54) is 244 Å². The van der Waals surface area contributed by atoms with Gasteiger partial charge in [0, 0.05) is 19.3 Å². The Labute approximate surface area is 485 Å². The van der Waals surface area contributed by atoms with E-state index in [9.17, 15) is 14.4 Å². The molecule has 0 rings (SSSR count). The van der Waals surface area contributed by atoms with E-state index in [2.05, 4.69) is 81.5 Å². The van der Waals surface area contributed by atoms with E-state index < -0.39 is 6.10 Å². The lowest BCUT2D eigenvalue weighted by molar-refractivity contribution is -0.167. The fourth-order valence-electron chi connectivity index (χ4n) is 10.1. The summed E-state index contributed by atoms with van der Waals surface area (Å²) in [6.07, 6.45) is 85.4. The largest absolute Gasteiger partial charge is 0.462 e. The third-order valence-electron chi connectivity index (χ3n) is 15.2. The summed E-state index contributed by atoms with van der Waals surface area (Å²) in [4.78, 5) is 38.2. The molecule has 0 heterocycles. The van der Waals surface area contributed by atoms with Gasteiger partial charge in [-0.3, -0.25) is 14.4 Å². The van der Waals surface area contributed by atoms with Crippen molar-refractivity contribution in [3.8, 4) is 0 Å². The van der Waals surface area contributed by atoms with Gasteiger partial charge in [-0.05, 0) is 89.9 Å². The first-order valence-corrected chi connectivity index (χ1v) is 34.3. The van der Waals surface area contributed by atoms with Gasteiger partial charge in [-0.1, -0.05) is 313 Å². The summed E-state index contributed by atoms with van der Waals surface area (Å²) in [5, 5.41) is 0. The van der Waals surface area contributed by atoms with Crippen LogP contribution in [0.15, 0.2) is 60.8 Å². The molecule has 78 heavy (non-hydrogen) atoms. The number of unbranched alkanes of at least 4 members (excludes halogenated alkanes) is 42. The Morgan fingerprint density at radius 2 is 0.462 bits per heavy atom. The van der Waals surface area contributed by atoms with Gasteiger partial charge < -0.3 is 14.2 Å². The van der Waals surface area contributed by atoms with E-state index in [0.717, 1.165) is 77.0 Å². The molecule has 6 heteroatoms. The molecular weight excluding hydrogens is 961 g/mol. The maximum Gasteiger partial charge on any atom is 0.306 e. The van der Waals surface area contributed by atoms with Crippen LogP contribution >= 0.6 is 0 Å². The van der Waals surface area contributed by atoms with Gasteiger partial charge in [0.1, 0.15) is 13.2 Å². The number of carbonyl (C=O) groups is 3. The van der Waals surface area contributed by atoms with Crippen LogP contribution in [0.4, 0.5) is 0 Å². The number of hydrogen-bond acceptors (Lipinski definition) is 6. The fourth-order valence-corrected chi connectivity index (χ4v) is 10.1. The molecule has 454 valence electrons. The van der Waals surface area contributed by atoms with Crippen LogP contribution in [0.2, 0.25) is 0 Å². The monoisotopic (exact) mass is 1090 g/mol. The molecule has 0 aliphatic rings. The molecule has 6 nitrogen and oxygen atoms in total. The van der Waals surface area contributed by atoms with Gasteiger partial charge in [0.15, 0.2) is 6.10 Å². The third kappa shape index (κ3) is 63.9. The molecule has 0 bridgehead atoms. The molecule has 1 atom stereocenters. The molecule has 0 radical (unpaired) electrons. The van der Waals surface area contributed by atoms with Crippen molar-refractivity contribution < 1.29 is 28.6 Å². The molecule has 0 amide bonds. The number of rotatable bonds is 63. The van der Waals surface area contributed by atoms with Crippen LogP contribution in [-0.4, -0.2) is 37.2 Å². The van der Waals surface area contributed by atoms with Gasteiger partial charge in [-0.25, -0.2) is 0 Å². The second-order valence-electron chi connectivity index (χ2n) is 23.1. The zero-order chi connectivity index (χ0) is 56.4. The normalized spacial score (nSPS) is 12.4. The Balaban J connectivity index is 4.12. The highest BCUT2D eigenvalue weighted by Gasteiger charge is 2.19. The van der Waals surface area contributed by atoms with E-state index in [0.29, 0.717) is 19.3 Å². The van der Waals surface area contributed by atoms with E-state index in [1.54, 1.807) is 0 Å². The van der Waals surface area contributed by atoms with Crippen molar-refractivity contribution in [3.05, 3.63) is 60.8 Å². The lowest BCUT2D eigenvalue weighted by atomic mass is 10.0. The van der Waals surface area contributed by atoms with Crippen molar-refractivity contribution in [2.75, 3.05) is 13.2 Å². The number of ether oxygens (including phenoxy) is 3. The predicted octanol–water partition coefficient (Wildman–Crippen LogP) is 23.5. The average molecular weight is 1090 g/mol. The van der Waals surface area contributed by atoms with Crippen LogP contribution in [0.25, 0.3) is 0 Å². The Hall–Kier alpha value is -2.89. The minimum Gasteiger partial charge on any atom is -0.462 e. The van der Waals surface area contributed by atoms with Gasteiger partial charge >= 0.3 is 17.9 Å². The van der Waals surface area contributed by atoms with Crippen molar-refractivity contribution in [1.82, 2.24) is 0 Å². The molecular formula is C72H130O6. The fraction of sp³-hybridized carbons (Fsp3) is 0.819. The van der Waals surface area contributed by atoms with Crippen LogP contribution in [0.5, 0.6) is 0 Å². The van der Waals surface area contributed by atoms with E-state index in [4.69, 9.17) is 14.2 Å². The minimum atomic E-state index is -0.774. The van der Waals surface area contributed by atoms with E-state index >= 15 is 0 Å². The maximum atomic E-state index is 12.9. The summed E-state index contributed by atoms with van der Waals surface area (Å²) >= 11 is 0. The first-order valence-electron chi connectivity index (χ1n) is 34.3. The summed E-state index contributed by atoms with van der Waals surface area (Å²) in [6.45, 7) is 6.63. The smallest absolute Gasteiger partial charge is 0.306 e. The number of hydrogen-bond donors (Lipinski definition) is 0. The zero-order valence-corrected chi connectivity index (χ0v) is 52.2. The Kier molecular flexibility index (Phi) is 64.2. The van der Waals surface area contributed by atoms with Gasteiger partial charge in [-0.2, -0.15) is 0 Å². The molecule has 0 aliphatic heterocycles. The predicted molar refractivity (Wildman–Crippen MR) is 339 cm³/mol. The molecule has 0 aromatic carbocycles. The van der Waals surface area contributed by atoms with Gasteiger partial charge in [0.05, 0.1) is 0 Å².